The van der Waals surface area contributed by atoms with Crippen LogP contribution in [0.5, 0.6) is 0 Å². The number of amides is 1. The van der Waals surface area contributed by atoms with Gasteiger partial charge in [-0.05, 0) is 46.3 Å². The van der Waals surface area contributed by atoms with Crippen molar-refractivity contribution in [3.63, 3.8) is 0 Å². The molecule has 0 aromatic heterocycles. The second-order valence-corrected chi connectivity index (χ2v) is 4.94. The van der Waals surface area contributed by atoms with Gasteiger partial charge in [0.2, 0.25) is 0 Å². The zero-order chi connectivity index (χ0) is 14.0. The maximum atomic E-state index is 13.6. The molecule has 2 aromatic carbocycles. The Bertz CT molecular complexity index is 649. The minimum Gasteiger partial charge on any atom is -0.319 e. The molecule has 1 amide bonds. The van der Waals surface area contributed by atoms with Crippen molar-refractivity contribution in [2.75, 3.05) is 5.32 Å². The molecule has 98 valence electrons. The molecule has 19 heavy (non-hydrogen) atoms. The van der Waals surface area contributed by atoms with Crippen LogP contribution < -0.4 is 5.32 Å². The van der Waals surface area contributed by atoms with Crippen LogP contribution in [-0.4, -0.2) is 5.91 Å². The number of hydrogen-bond donors (Lipinski definition) is 1. The van der Waals surface area contributed by atoms with Gasteiger partial charge in [-0.2, -0.15) is 0 Å². The Labute approximate surface area is 121 Å². The topological polar surface area (TPSA) is 29.1 Å². The fourth-order valence-corrected chi connectivity index (χ4v) is 2.06. The molecule has 0 aliphatic rings. The summed E-state index contributed by atoms with van der Waals surface area (Å²) < 4.78 is 27.1. The molecule has 6 heteroatoms. The van der Waals surface area contributed by atoms with Crippen LogP contribution in [0, 0.1) is 11.6 Å². The number of halogens is 4. The SMILES string of the molecule is O=C(Nc1cccc(Cl)c1F)c1cc(F)ccc1Br. The Kier molecular flexibility index (Phi) is 4.17. The first-order valence-corrected chi connectivity index (χ1v) is 6.36. The van der Waals surface area contributed by atoms with Crippen molar-refractivity contribution in [1.82, 2.24) is 0 Å². The normalized spacial score (nSPS) is 10.3. The van der Waals surface area contributed by atoms with E-state index >= 15 is 0 Å². The Morgan fingerprint density at radius 1 is 1.21 bits per heavy atom. The van der Waals surface area contributed by atoms with Crippen LogP contribution in [0.2, 0.25) is 5.02 Å². The summed E-state index contributed by atoms with van der Waals surface area (Å²) in [6.07, 6.45) is 0. The zero-order valence-corrected chi connectivity index (χ0v) is 11.7. The average molecular weight is 347 g/mol. The Morgan fingerprint density at radius 2 is 1.95 bits per heavy atom. The van der Waals surface area contributed by atoms with Gasteiger partial charge in [0.05, 0.1) is 16.3 Å². The van der Waals surface area contributed by atoms with Gasteiger partial charge in [0.25, 0.3) is 5.91 Å². The molecule has 2 nitrogen and oxygen atoms in total. The second kappa shape index (κ2) is 5.67. The van der Waals surface area contributed by atoms with E-state index < -0.39 is 17.5 Å². The van der Waals surface area contributed by atoms with Crippen LogP contribution in [0.3, 0.4) is 0 Å². The monoisotopic (exact) mass is 345 g/mol. The van der Waals surface area contributed by atoms with E-state index in [-0.39, 0.29) is 16.3 Å². The van der Waals surface area contributed by atoms with Crippen LogP contribution in [0.25, 0.3) is 0 Å². The van der Waals surface area contributed by atoms with Gasteiger partial charge in [0, 0.05) is 4.47 Å². The van der Waals surface area contributed by atoms with E-state index in [2.05, 4.69) is 21.2 Å². The van der Waals surface area contributed by atoms with Crippen LogP contribution in [0.15, 0.2) is 40.9 Å². The number of anilines is 1. The molecule has 0 fully saturated rings. The molecule has 0 spiro atoms. The third-order valence-electron chi connectivity index (χ3n) is 2.37. The largest absolute Gasteiger partial charge is 0.319 e. The summed E-state index contributed by atoms with van der Waals surface area (Å²) in [6, 6.07) is 7.90. The van der Waals surface area contributed by atoms with Gasteiger partial charge >= 0.3 is 0 Å². The smallest absolute Gasteiger partial charge is 0.256 e. The van der Waals surface area contributed by atoms with Gasteiger partial charge in [0.15, 0.2) is 5.82 Å². The molecule has 0 unspecified atom stereocenters. The molecule has 0 bridgehead atoms. The first kappa shape index (κ1) is 14.0. The summed E-state index contributed by atoms with van der Waals surface area (Å²) >= 11 is 8.73. The molecule has 0 atom stereocenters. The fourth-order valence-electron chi connectivity index (χ4n) is 1.46. The maximum Gasteiger partial charge on any atom is 0.256 e. The molecule has 2 aromatic rings. The number of benzene rings is 2. The van der Waals surface area contributed by atoms with Crippen LogP contribution >= 0.6 is 27.5 Å². The predicted molar refractivity (Wildman–Crippen MR) is 73.5 cm³/mol. The highest BCUT2D eigenvalue weighted by Gasteiger charge is 2.14. The molecule has 0 saturated heterocycles. The van der Waals surface area contributed by atoms with Crippen molar-refractivity contribution in [2.24, 2.45) is 0 Å². The van der Waals surface area contributed by atoms with E-state index in [9.17, 15) is 13.6 Å². The lowest BCUT2D eigenvalue weighted by Crippen LogP contribution is -2.14. The van der Waals surface area contributed by atoms with Gasteiger partial charge in [-0.1, -0.05) is 17.7 Å². The van der Waals surface area contributed by atoms with Crippen molar-refractivity contribution in [3.8, 4) is 0 Å². The van der Waals surface area contributed by atoms with E-state index in [1.807, 2.05) is 0 Å². The summed E-state index contributed by atoms with van der Waals surface area (Å²) in [5, 5.41) is 2.24. The molecule has 0 aliphatic heterocycles. The van der Waals surface area contributed by atoms with Crippen molar-refractivity contribution in [2.45, 2.75) is 0 Å². The van der Waals surface area contributed by atoms with Crippen molar-refractivity contribution in [3.05, 3.63) is 63.1 Å². The summed E-state index contributed by atoms with van der Waals surface area (Å²) in [5.41, 5.74) is 0.00744. The van der Waals surface area contributed by atoms with Gasteiger partial charge < -0.3 is 5.32 Å². The van der Waals surface area contributed by atoms with Crippen molar-refractivity contribution in [1.29, 1.82) is 0 Å². The highest BCUT2D eigenvalue weighted by molar-refractivity contribution is 9.10. The number of carbonyl (C=O) groups is 1. The number of nitrogens with one attached hydrogen (secondary N) is 1. The van der Waals surface area contributed by atoms with E-state index in [4.69, 9.17) is 11.6 Å². The van der Waals surface area contributed by atoms with E-state index in [1.54, 1.807) is 0 Å². The number of rotatable bonds is 2. The van der Waals surface area contributed by atoms with Gasteiger partial charge in [-0.25, -0.2) is 8.78 Å². The van der Waals surface area contributed by atoms with Gasteiger partial charge in [-0.3, -0.25) is 4.79 Å². The molecule has 1 N–H and O–H groups in total. The number of carbonyl (C=O) groups excluding carboxylic acids is 1. The van der Waals surface area contributed by atoms with E-state index in [1.165, 1.54) is 30.3 Å². The van der Waals surface area contributed by atoms with Crippen molar-refractivity contribution >= 4 is 39.1 Å². The maximum absolute atomic E-state index is 13.6. The first-order chi connectivity index (χ1) is 8.99. The minimum atomic E-state index is -0.731. The van der Waals surface area contributed by atoms with Crippen LogP contribution in [-0.2, 0) is 0 Å². The lowest BCUT2D eigenvalue weighted by Gasteiger charge is -2.08. The summed E-state index contributed by atoms with van der Waals surface area (Å²) in [5.74, 6) is -1.92. The number of hydrogen-bond acceptors (Lipinski definition) is 1. The third-order valence-corrected chi connectivity index (χ3v) is 3.36. The minimum absolute atomic E-state index is 0.0614. The first-order valence-electron chi connectivity index (χ1n) is 5.19. The van der Waals surface area contributed by atoms with E-state index in [0.29, 0.717) is 4.47 Å². The standard InChI is InChI=1S/C13H7BrClF2NO/c14-9-5-4-7(16)6-8(9)13(19)18-11-3-1-2-10(15)12(11)17/h1-6H,(H,18,19). The molecule has 0 heterocycles. The summed E-state index contributed by atoms with van der Waals surface area (Å²) in [6.45, 7) is 0. The molecule has 0 saturated carbocycles. The quantitative estimate of drug-likeness (QED) is 0.844. The molecular weight excluding hydrogens is 340 g/mol. The Morgan fingerprint density at radius 3 is 2.68 bits per heavy atom. The third kappa shape index (κ3) is 3.11. The van der Waals surface area contributed by atoms with Crippen molar-refractivity contribution < 1.29 is 13.6 Å². The lowest BCUT2D eigenvalue weighted by molar-refractivity contribution is 0.102. The van der Waals surface area contributed by atoms with Crippen LogP contribution in [0.1, 0.15) is 10.4 Å². The highest BCUT2D eigenvalue weighted by Crippen LogP contribution is 2.24. The van der Waals surface area contributed by atoms with Crippen LogP contribution in [0.4, 0.5) is 14.5 Å². The fraction of sp³-hybridized carbons (Fsp3) is 0. The molecule has 0 aliphatic carbocycles. The summed E-state index contributed by atoms with van der Waals surface area (Å²) in [7, 11) is 0. The average Bonchev–Trinajstić information content (AvgIpc) is 2.38. The molecule has 0 radical (unpaired) electrons. The Hall–Kier alpha value is -1.46. The van der Waals surface area contributed by atoms with E-state index in [0.717, 1.165) is 6.07 Å². The highest BCUT2D eigenvalue weighted by atomic mass is 79.9. The lowest BCUT2D eigenvalue weighted by atomic mass is 10.2. The summed E-state index contributed by atoms with van der Waals surface area (Å²) in [4.78, 5) is 11.9. The Balaban J connectivity index is 2.31. The second-order valence-electron chi connectivity index (χ2n) is 3.68. The van der Waals surface area contributed by atoms with Gasteiger partial charge in [0.1, 0.15) is 5.82 Å². The predicted octanol–water partition coefficient (Wildman–Crippen LogP) is 4.63. The molecule has 2 rings (SSSR count). The molecular formula is C13H7BrClF2NO. The van der Waals surface area contributed by atoms with Gasteiger partial charge in [-0.15, -0.1) is 0 Å². The zero-order valence-electron chi connectivity index (χ0n) is 9.38.